The molecular weight excluding hydrogens is 292 g/mol. The zero-order valence-corrected chi connectivity index (χ0v) is 14.9. The van der Waals surface area contributed by atoms with Crippen molar-refractivity contribution in [2.24, 2.45) is 0 Å². The van der Waals surface area contributed by atoms with Gasteiger partial charge in [-0.3, -0.25) is 0 Å². The van der Waals surface area contributed by atoms with Gasteiger partial charge in [-0.05, 0) is 40.3 Å². The number of hydrogen-bond acceptors (Lipinski definition) is 4. The molecule has 0 atom stereocenters. The van der Waals surface area contributed by atoms with Crippen LogP contribution in [0, 0.1) is 0 Å². The van der Waals surface area contributed by atoms with E-state index in [4.69, 9.17) is 0 Å². The van der Waals surface area contributed by atoms with Crippen LogP contribution in [0.3, 0.4) is 0 Å². The molecule has 1 N–H and O–H groups in total. The quantitative estimate of drug-likeness (QED) is 0.865. The van der Waals surface area contributed by atoms with Gasteiger partial charge in [0.05, 0.1) is 6.54 Å². The first-order chi connectivity index (χ1) is 11.1. The van der Waals surface area contributed by atoms with Crippen LogP contribution in [0.5, 0.6) is 0 Å². The maximum absolute atomic E-state index is 12.0. The van der Waals surface area contributed by atoms with Crippen LogP contribution in [0.1, 0.15) is 50.7 Å². The first-order valence-corrected chi connectivity index (χ1v) is 8.66. The van der Waals surface area contributed by atoms with Crippen LogP contribution in [0.15, 0.2) is 0 Å². The number of likely N-dealkylation sites (tertiary alicyclic amines) is 1. The molecule has 2 heterocycles. The lowest BCUT2D eigenvalue weighted by Gasteiger charge is -2.31. The summed E-state index contributed by atoms with van der Waals surface area (Å²) in [5.41, 5.74) is 0. The average molecular weight is 322 g/mol. The summed E-state index contributed by atoms with van der Waals surface area (Å²) in [5, 5.41) is 11.8. The van der Waals surface area contributed by atoms with Crippen molar-refractivity contribution < 1.29 is 4.79 Å². The molecule has 0 spiro atoms. The fraction of sp³-hybridized carbons (Fsp3) is 0.812. The molecule has 0 bridgehead atoms. The minimum atomic E-state index is 0.0653. The molecule has 1 aromatic heterocycles. The van der Waals surface area contributed by atoms with Gasteiger partial charge >= 0.3 is 6.03 Å². The first-order valence-electron chi connectivity index (χ1n) is 8.66. The third kappa shape index (κ3) is 4.43. The number of amides is 2. The Morgan fingerprint density at radius 3 is 2.52 bits per heavy atom. The number of hydrogen-bond donors (Lipinski definition) is 1. The summed E-state index contributed by atoms with van der Waals surface area (Å²) >= 11 is 0. The van der Waals surface area contributed by atoms with Crippen molar-refractivity contribution >= 4 is 6.03 Å². The molecule has 7 heteroatoms. The van der Waals surface area contributed by atoms with Gasteiger partial charge in [0, 0.05) is 32.1 Å². The molecule has 1 aliphatic heterocycles. The normalized spacial score (nSPS) is 16.1. The maximum Gasteiger partial charge on any atom is 0.317 e. The van der Waals surface area contributed by atoms with Crippen LogP contribution in [0.2, 0.25) is 0 Å². The number of nitrogens with one attached hydrogen (secondary N) is 1. The van der Waals surface area contributed by atoms with Crippen molar-refractivity contribution in [2.45, 2.75) is 52.1 Å². The highest BCUT2D eigenvalue weighted by Crippen LogP contribution is 2.27. The predicted molar refractivity (Wildman–Crippen MR) is 90.3 cm³/mol. The van der Waals surface area contributed by atoms with E-state index >= 15 is 0 Å². The molecule has 2 rings (SSSR count). The SMILES string of the molecule is CCCNC(=O)N1CCC(c2nnc(CN(C)C)n2CC)CC1. The topological polar surface area (TPSA) is 66.3 Å². The summed E-state index contributed by atoms with van der Waals surface area (Å²) in [6.07, 6.45) is 2.88. The Morgan fingerprint density at radius 2 is 1.96 bits per heavy atom. The lowest BCUT2D eigenvalue weighted by atomic mass is 9.96. The van der Waals surface area contributed by atoms with Crippen molar-refractivity contribution in [1.29, 1.82) is 0 Å². The van der Waals surface area contributed by atoms with E-state index in [2.05, 4.69) is 38.8 Å². The molecule has 23 heavy (non-hydrogen) atoms. The number of rotatable bonds is 6. The van der Waals surface area contributed by atoms with E-state index in [1.165, 1.54) is 0 Å². The third-order valence-corrected chi connectivity index (χ3v) is 4.30. The van der Waals surface area contributed by atoms with E-state index in [0.29, 0.717) is 5.92 Å². The van der Waals surface area contributed by atoms with Gasteiger partial charge in [0.25, 0.3) is 0 Å². The van der Waals surface area contributed by atoms with E-state index in [1.807, 2.05) is 19.0 Å². The molecule has 7 nitrogen and oxygen atoms in total. The molecule has 0 aliphatic carbocycles. The van der Waals surface area contributed by atoms with Gasteiger partial charge in [-0.25, -0.2) is 4.79 Å². The van der Waals surface area contributed by atoms with Gasteiger partial charge in [-0.2, -0.15) is 0 Å². The smallest absolute Gasteiger partial charge is 0.317 e. The van der Waals surface area contributed by atoms with Gasteiger partial charge in [0.1, 0.15) is 11.6 Å². The molecule has 1 saturated heterocycles. The summed E-state index contributed by atoms with van der Waals surface area (Å²) in [5.74, 6) is 2.50. The number of carbonyl (C=O) groups is 1. The lowest BCUT2D eigenvalue weighted by Crippen LogP contribution is -2.44. The summed E-state index contributed by atoms with van der Waals surface area (Å²) in [6, 6.07) is 0.0653. The third-order valence-electron chi connectivity index (χ3n) is 4.30. The Morgan fingerprint density at radius 1 is 1.26 bits per heavy atom. The van der Waals surface area contributed by atoms with E-state index in [-0.39, 0.29) is 6.03 Å². The zero-order valence-electron chi connectivity index (χ0n) is 14.9. The number of nitrogens with zero attached hydrogens (tertiary/aromatic N) is 5. The van der Waals surface area contributed by atoms with Crippen molar-refractivity contribution in [3.05, 3.63) is 11.6 Å². The Balaban J connectivity index is 1.97. The highest BCUT2D eigenvalue weighted by Gasteiger charge is 2.27. The van der Waals surface area contributed by atoms with Gasteiger partial charge < -0.3 is 19.7 Å². The molecule has 1 fully saturated rings. The molecule has 1 aliphatic rings. The molecule has 130 valence electrons. The second kappa shape index (κ2) is 8.29. The molecule has 0 radical (unpaired) electrons. The Hall–Kier alpha value is -1.63. The summed E-state index contributed by atoms with van der Waals surface area (Å²) < 4.78 is 2.23. The molecule has 0 unspecified atom stereocenters. The second-order valence-corrected chi connectivity index (χ2v) is 6.45. The molecule has 1 aromatic rings. The van der Waals surface area contributed by atoms with E-state index < -0.39 is 0 Å². The monoisotopic (exact) mass is 322 g/mol. The molecular formula is C16H30N6O. The van der Waals surface area contributed by atoms with Crippen molar-refractivity contribution in [3.63, 3.8) is 0 Å². The number of urea groups is 1. The minimum absolute atomic E-state index is 0.0653. The Kier molecular flexibility index (Phi) is 6.38. The summed E-state index contributed by atoms with van der Waals surface area (Å²) in [7, 11) is 4.09. The highest BCUT2D eigenvalue weighted by molar-refractivity contribution is 5.74. The highest BCUT2D eigenvalue weighted by atomic mass is 16.2. The molecule has 2 amide bonds. The van der Waals surface area contributed by atoms with Gasteiger partial charge in [-0.15, -0.1) is 10.2 Å². The standard InChI is InChI=1S/C16H30N6O/c1-5-9-17-16(23)21-10-7-13(8-11-21)15-19-18-14(12-20(3)4)22(15)6-2/h13H,5-12H2,1-4H3,(H,17,23). The first kappa shape index (κ1) is 17.7. The van der Waals surface area contributed by atoms with E-state index in [0.717, 1.165) is 63.6 Å². The summed E-state index contributed by atoms with van der Waals surface area (Å²) in [4.78, 5) is 16.1. The van der Waals surface area contributed by atoms with Gasteiger partial charge in [-0.1, -0.05) is 6.92 Å². The summed E-state index contributed by atoms with van der Waals surface area (Å²) in [6.45, 7) is 8.23. The van der Waals surface area contributed by atoms with Gasteiger partial charge in [0.15, 0.2) is 0 Å². The van der Waals surface area contributed by atoms with Crippen LogP contribution in [-0.2, 0) is 13.1 Å². The Bertz CT molecular complexity index is 505. The van der Waals surface area contributed by atoms with Crippen LogP contribution >= 0.6 is 0 Å². The van der Waals surface area contributed by atoms with Crippen LogP contribution in [-0.4, -0.2) is 64.3 Å². The fourth-order valence-electron chi connectivity index (χ4n) is 3.08. The van der Waals surface area contributed by atoms with Crippen LogP contribution in [0.4, 0.5) is 4.79 Å². The van der Waals surface area contributed by atoms with Crippen LogP contribution < -0.4 is 5.32 Å². The zero-order chi connectivity index (χ0) is 16.8. The number of piperidine rings is 1. The lowest BCUT2D eigenvalue weighted by molar-refractivity contribution is 0.180. The van der Waals surface area contributed by atoms with Gasteiger partial charge in [0.2, 0.25) is 0 Å². The Labute approximate surface area is 139 Å². The van der Waals surface area contributed by atoms with Crippen molar-refractivity contribution in [1.82, 2.24) is 29.9 Å². The minimum Gasteiger partial charge on any atom is -0.338 e. The predicted octanol–water partition coefficient (Wildman–Crippen LogP) is 1.66. The second-order valence-electron chi connectivity index (χ2n) is 6.45. The van der Waals surface area contributed by atoms with E-state index in [9.17, 15) is 4.79 Å². The molecule has 0 aromatic carbocycles. The largest absolute Gasteiger partial charge is 0.338 e. The molecule has 0 saturated carbocycles. The van der Waals surface area contributed by atoms with Crippen LogP contribution in [0.25, 0.3) is 0 Å². The maximum atomic E-state index is 12.0. The van der Waals surface area contributed by atoms with E-state index in [1.54, 1.807) is 0 Å². The van der Waals surface area contributed by atoms with Crippen molar-refractivity contribution in [3.8, 4) is 0 Å². The number of carbonyl (C=O) groups excluding carboxylic acids is 1. The number of aromatic nitrogens is 3. The fourth-order valence-corrected chi connectivity index (χ4v) is 3.08. The van der Waals surface area contributed by atoms with Crippen molar-refractivity contribution in [2.75, 3.05) is 33.7 Å². The average Bonchev–Trinajstić information content (AvgIpc) is 2.94.